The molecule has 0 atom stereocenters. The molecule has 0 aromatic carbocycles. The van der Waals surface area contributed by atoms with Crippen LogP contribution in [-0.4, -0.2) is 0 Å². The first kappa shape index (κ1) is 13.3. The van der Waals surface area contributed by atoms with Crippen LogP contribution in [0.3, 0.4) is 0 Å². The van der Waals surface area contributed by atoms with Crippen LogP contribution in [0, 0.1) is 10.8 Å². The summed E-state index contributed by atoms with van der Waals surface area (Å²) in [5.74, 6) is 0. The minimum atomic E-state index is 0.0755. The van der Waals surface area contributed by atoms with Crippen LogP contribution in [0.4, 0.5) is 0 Å². The molecule has 0 rings (SSSR count). The molecule has 2 N–H and O–H groups in total. The van der Waals surface area contributed by atoms with Crippen molar-refractivity contribution in [2.45, 2.75) is 48.0 Å². The average Bonchev–Trinajstić information content (AvgIpc) is 1.93. The molecule has 0 bridgehead atoms. The number of hydrogen-bond acceptors (Lipinski definition) is 1. The first-order chi connectivity index (χ1) is 6.13. The second-order valence-corrected chi connectivity index (χ2v) is 6.06. The van der Waals surface area contributed by atoms with E-state index in [1.54, 1.807) is 0 Å². The Morgan fingerprint density at radius 1 is 1.07 bits per heavy atom. The summed E-state index contributed by atoms with van der Waals surface area (Å²) >= 11 is 0. The Balaban J connectivity index is 4.17. The molecule has 0 radical (unpaired) electrons. The monoisotopic (exact) mass is 195 g/mol. The molecule has 0 aromatic heterocycles. The Hall–Kier alpha value is -0.720. The van der Waals surface area contributed by atoms with Crippen LogP contribution in [-0.2, 0) is 0 Å². The minimum absolute atomic E-state index is 0.0755. The number of nitrogens with two attached hydrogens (primary N) is 1. The van der Waals surface area contributed by atoms with Crippen LogP contribution < -0.4 is 5.73 Å². The molecule has 0 aliphatic carbocycles. The van der Waals surface area contributed by atoms with Crippen molar-refractivity contribution in [3.05, 3.63) is 23.9 Å². The van der Waals surface area contributed by atoms with Crippen molar-refractivity contribution in [2.24, 2.45) is 16.6 Å². The number of allylic oxidation sites excluding steroid dienone is 4. The molecule has 0 aromatic rings. The predicted octanol–water partition coefficient (Wildman–Crippen LogP) is 3.87. The molecular formula is C13H25N. The molecule has 0 spiro atoms. The number of hydrogen-bond donors (Lipinski definition) is 1. The van der Waals surface area contributed by atoms with E-state index in [0.29, 0.717) is 5.41 Å². The van der Waals surface area contributed by atoms with Gasteiger partial charge in [0, 0.05) is 11.1 Å². The predicted molar refractivity (Wildman–Crippen MR) is 64.9 cm³/mol. The van der Waals surface area contributed by atoms with E-state index < -0.39 is 0 Å². The fraction of sp³-hybridized carbons (Fsp3) is 0.692. The van der Waals surface area contributed by atoms with E-state index in [1.165, 1.54) is 0 Å². The third-order valence-corrected chi connectivity index (χ3v) is 2.01. The summed E-state index contributed by atoms with van der Waals surface area (Å²) in [6.07, 6.45) is 7.33. The lowest BCUT2D eigenvalue weighted by molar-refractivity contribution is 0.420. The smallest absolute Gasteiger partial charge is 0.0135 e. The van der Waals surface area contributed by atoms with Crippen molar-refractivity contribution >= 4 is 0 Å². The largest absolute Gasteiger partial charge is 0.402 e. The molecular weight excluding hydrogens is 170 g/mol. The summed E-state index contributed by atoms with van der Waals surface area (Å²) in [7, 11) is 0. The van der Waals surface area contributed by atoms with E-state index in [2.05, 4.69) is 53.7 Å². The van der Waals surface area contributed by atoms with E-state index in [1.807, 2.05) is 6.08 Å². The van der Waals surface area contributed by atoms with Crippen LogP contribution in [0.1, 0.15) is 48.0 Å². The van der Waals surface area contributed by atoms with Crippen molar-refractivity contribution in [1.82, 2.24) is 0 Å². The van der Waals surface area contributed by atoms with Crippen molar-refractivity contribution < 1.29 is 0 Å². The summed E-state index contributed by atoms with van der Waals surface area (Å²) in [6, 6.07) is 0. The van der Waals surface area contributed by atoms with E-state index in [0.717, 1.165) is 12.1 Å². The Bertz CT molecular complexity index is 221. The zero-order valence-corrected chi connectivity index (χ0v) is 10.5. The van der Waals surface area contributed by atoms with Gasteiger partial charge in [-0.15, -0.1) is 0 Å². The second-order valence-electron chi connectivity index (χ2n) is 6.06. The van der Waals surface area contributed by atoms with Gasteiger partial charge in [-0.3, -0.25) is 0 Å². The van der Waals surface area contributed by atoms with Gasteiger partial charge < -0.3 is 5.73 Å². The molecule has 0 aliphatic heterocycles. The van der Waals surface area contributed by atoms with Gasteiger partial charge in [0.05, 0.1) is 0 Å². The molecule has 1 nitrogen and oxygen atoms in total. The third-order valence-electron chi connectivity index (χ3n) is 2.01. The Labute approximate surface area is 89.1 Å². The van der Waals surface area contributed by atoms with E-state index in [9.17, 15) is 0 Å². The summed E-state index contributed by atoms with van der Waals surface area (Å²) in [4.78, 5) is 0. The van der Waals surface area contributed by atoms with Crippen LogP contribution in [0.25, 0.3) is 0 Å². The maximum atomic E-state index is 5.91. The van der Waals surface area contributed by atoms with Crippen LogP contribution in [0.5, 0.6) is 0 Å². The first-order valence-corrected chi connectivity index (χ1v) is 5.26. The van der Waals surface area contributed by atoms with Crippen LogP contribution in [0.2, 0.25) is 0 Å². The molecule has 0 saturated heterocycles. The molecule has 0 heterocycles. The molecule has 0 fully saturated rings. The van der Waals surface area contributed by atoms with E-state index in [-0.39, 0.29) is 5.41 Å². The van der Waals surface area contributed by atoms with Gasteiger partial charge in [-0.05, 0) is 17.9 Å². The van der Waals surface area contributed by atoms with Gasteiger partial charge in [-0.25, -0.2) is 0 Å². The van der Waals surface area contributed by atoms with Crippen molar-refractivity contribution in [3.63, 3.8) is 0 Å². The third kappa shape index (κ3) is 6.76. The second kappa shape index (κ2) is 4.68. The number of rotatable bonds is 2. The topological polar surface area (TPSA) is 26.0 Å². The van der Waals surface area contributed by atoms with Crippen molar-refractivity contribution in [2.75, 3.05) is 0 Å². The van der Waals surface area contributed by atoms with Crippen LogP contribution >= 0.6 is 0 Å². The molecule has 0 unspecified atom stereocenters. The minimum Gasteiger partial charge on any atom is -0.402 e. The maximum absolute atomic E-state index is 5.91. The average molecular weight is 195 g/mol. The highest BCUT2D eigenvalue weighted by molar-refractivity contribution is 5.14. The van der Waals surface area contributed by atoms with Gasteiger partial charge in [0.25, 0.3) is 0 Å². The fourth-order valence-corrected chi connectivity index (χ4v) is 0.843. The van der Waals surface area contributed by atoms with Crippen molar-refractivity contribution in [1.29, 1.82) is 0 Å². The van der Waals surface area contributed by atoms with Gasteiger partial charge in [0.2, 0.25) is 0 Å². The van der Waals surface area contributed by atoms with Crippen LogP contribution in [0.15, 0.2) is 23.9 Å². The Morgan fingerprint density at radius 3 is 1.93 bits per heavy atom. The Morgan fingerprint density at radius 2 is 1.57 bits per heavy atom. The zero-order chi connectivity index (χ0) is 11.4. The molecule has 14 heavy (non-hydrogen) atoms. The van der Waals surface area contributed by atoms with Gasteiger partial charge >= 0.3 is 0 Å². The standard InChI is InChI=1S/C13H25N/c1-12(2,3)10-8-7-9-11(14)13(4,5)6/h7-9H,10,14H2,1-6H3/b8-7-,11-9-. The van der Waals surface area contributed by atoms with Gasteiger partial charge in [0.15, 0.2) is 0 Å². The highest BCUT2D eigenvalue weighted by Crippen LogP contribution is 2.21. The van der Waals surface area contributed by atoms with Crippen molar-refractivity contribution in [3.8, 4) is 0 Å². The summed E-state index contributed by atoms with van der Waals surface area (Å²) in [5.41, 5.74) is 7.28. The lowest BCUT2D eigenvalue weighted by Gasteiger charge is -2.18. The highest BCUT2D eigenvalue weighted by atomic mass is 14.6. The van der Waals surface area contributed by atoms with E-state index >= 15 is 0 Å². The fourth-order valence-electron chi connectivity index (χ4n) is 0.843. The molecule has 0 aliphatic rings. The summed E-state index contributed by atoms with van der Waals surface area (Å²) in [5, 5.41) is 0. The molecule has 1 heteroatoms. The first-order valence-electron chi connectivity index (χ1n) is 5.26. The molecule has 0 amide bonds. The zero-order valence-electron chi connectivity index (χ0n) is 10.5. The quantitative estimate of drug-likeness (QED) is 0.665. The SMILES string of the molecule is CC(C)(C)C/C=C\C=C(/N)C(C)(C)C. The van der Waals surface area contributed by atoms with Gasteiger partial charge in [-0.2, -0.15) is 0 Å². The Kier molecular flexibility index (Phi) is 4.44. The lowest BCUT2D eigenvalue weighted by atomic mass is 9.91. The highest BCUT2D eigenvalue weighted by Gasteiger charge is 2.12. The van der Waals surface area contributed by atoms with Gasteiger partial charge in [0.1, 0.15) is 0 Å². The summed E-state index contributed by atoms with van der Waals surface area (Å²) in [6.45, 7) is 13.1. The molecule has 82 valence electrons. The maximum Gasteiger partial charge on any atom is 0.0135 e. The lowest BCUT2D eigenvalue weighted by Crippen LogP contribution is -2.16. The summed E-state index contributed by atoms with van der Waals surface area (Å²) < 4.78 is 0. The normalized spacial score (nSPS) is 15.1. The van der Waals surface area contributed by atoms with Gasteiger partial charge in [-0.1, -0.05) is 53.7 Å². The van der Waals surface area contributed by atoms with E-state index in [4.69, 9.17) is 5.73 Å². The molecule has 0 saturated carbocycles.